The van der Waals surface area contributed by atoms with Crippen LogP contribution in [0.25, 0.3) is 0 Å². The van der Waals surface area contributed by atoms with Crippen LogP contribution in [-0.2, 0) is 11.2 Å². The molecule has 0 heterocycles. The molecule has 0 saturated heterocycles. The molecule has 0 bridgehead atoms. The maximum atomic E-state index is 12.6. The van der Waals surface area contributed by atoms with Crippen LogP contribution in [0.4, 0.5) is 0 Å². The maximum Gasteiger partial charge on any atom is 0.251 e. The van der Waals surface area contributed by atoms with Gasteiger partial charge in [0.2, 0.25) is 5.91 Å². The van der Waals surface area contributed by atoms with E-state index in [4.69, 9.17) is 0 Å². The van der Waals surface area contributed by atoms with E-state index in [0.29, 0.717) is 18.5 Å². The zero-order valence-electron chi connectivity index (χ0n) is 14.7. The van der Waals surface area contributed by atoms with Crippen LogP contribution in [0.5, 0.6) is 0 Å². The van der Waals surface area contributed by atoms with Gasteiger partial charge in [-0.1, -0.05) is 48.5 Å². The second kappa shape index (κ2) is 9.59. The number of hydrogen-bond acceptors (Lipinski definition) is 3. The first-order valence-electron chi connectivity index (χ1n) is 8.45. The fraction of sp³-hybridized carbons (Fsp3) is 0.300. The summed E-state index contributed by atoms with van der Waals surface area (Å²) in [5, 5.41) is 8.82. The molecule has 0 aliphatic carbocycles. The number of hydrogen-bond donors (Lipinski definition) is 3. The van der Waals surface area contributed by atoms with Gasteiger partial charge in [-0.2, -0.15) is 0 Å². The van der Waals surface area contributed by atoms with Gasteiger partial charge in [-0.15, -0.1) is 0 Å². The summed E-state index contributed by atoms with van der Waals surface area (Å²) in [6.07, 6.45) is 0.444. The molecule has 2 rings (SSSR count). The summed E-state index contributed by atoms with van der Waals surface area (Å²) in [7, 11) is 1.84. The van der Waals surface area contributed by atoms with Gasteiger partial charge in [0.25, 0.3) is 5.91 Å². The minimum atomic E-state index is -0.626. The highest BCUT2D eigenvalue weighted by molar-refractivity contribution is 5.97. The molecule has 5 nitrogen and oxygen atoms in total. The van der Waals surface area contributed by atoms with Gasteiger partial charge in [0.05, 0.1) is 0 Å². The van der Waals surface area contributed by atoms with Crippen LogP contribution in [0.1, 0.15) is 22.8 Å². The number of nitrogens with one attached hydrogen (secondary N) is 3. The van der Waals surface area contributed by atoms with E-state index in [1.165, 1.54) is 0 Å². The molecule has 0 saturated carbocycles. The maximum absolute atomic E-state index is 12.6. The largest absolute Gasteiger partial charge is 0.353 e. The summed E-state index contributed by atoms with van der Waals surface area (Å²) in [5.74, 6) is -0.436. The summed E-state index contributed by atoms with van der Waals surface area (Å²) in [6, 6.07) is 18.1. The standard InChI is InChI=1S/C20H25N3O2/c1-15(21-2)14-22-20(25)18(13-16-9-5-3-6-10-16)23-19(24)17-11-7-4-8-12-17/h3-12,15,18,21H,13-14H2,1-2H3,(H,22,25)(H,23,24). The van der Waals surface area contributed by atoms with E-state index >= 15 is 0 Å². The first-order chi connectivity index (χ1) is 12.1. The first kappa shape index (κ1) is 18.7. The van der Waals surface area contributed by atoms with E-state index in [-0.39, 0.29) is 17.9 Å². The summed E-state index contributed by atoms with van der Waals surface area (Å²) in [4.78, 5) is 25.0. The Hall–Kier alpha value is -2.66. The molecule has 3 N–H and O–H groups in total. The van der Waals surface area contributed by atoms with Gasteiger partial charge in [-0.05, 0) is 31.7 Å². The molecule has 2 aromatic rings. The predicted octanol–water partition coefficient (Wildman–Crippen LogP) is 1.75. The Morgan fingerprint density at radius 3 is 2.16 bits per heavy atom. The normalized spacial score (nSPS) is 12.9. The zero-order chi connectivity index (χ0) is 18.1. The first-order valence-corrected chi connectivity index (χ1v) is 8.45. The Labute approximate surface area is 148 Å². The Morgan fingerprint density at radius 1 is 0.960 bits per heavy atom. The third-order valence-electron chi connectivity index (χ3n) is 4.02. The molecule has 0 aliphatic heterocycles. The molecule has 2 amide bonds. The number of rotatable bonds is 8. The van der Waals surface area contributed by atoms with Crippen LogP contribution in [0.2, 0.25) is 0 Å². The fourth-order valence-electron chi connectivity index (χ4n) is 2.37. The van der Waals surface area contributed by atoms with Crippen molar-refractivity contribution in [3.63, 3.8) is 0 Å². The number of carbonyl (C=O) groups excluding carboxylic acids is 2. The van der Waals surface area contributed by atoms with Crippen molar-refractivity contribution in [1.82, 2.24) is 16.0 Å². The molecule has 0 fully saturated rings. The van der Waals surface area contributed by atoms with Gasteiger partial charge >= 0.3 is 0 Å². The molecule has 0 spiro atoms. The van der Waals surface area contributed by atoms with Crippen molar-refractivity contribution >= 4 is 11.8 Å². The van der Waals surface area contributed by atoms with Crippen molar-refractivity contribution in [3.05, 3.63) is 71.8 Å². The smallest absolute Gasteiger partial charge is 0.251 e. The Kier molecular flexibility index (Phi) is 7.16. The number of benzene rings is 2. The molecule has 5 heteroatoms. The van der Waals surface area contributed by atoms with Gasteiger partial charge in [-0.3, -0.25) is 9.59 Å². The third kappa shape index (κ3) is 6.04. The lowest BCUT2D eigenvalue weighted by Crippen LogP contribution is -2.50. The second-order valence-corrected chi connectivity index (χ2v) is 6.02. The molecular weight excluding hydrogens is 314 g/mol. The van der Waals surface area contributed by atoms with E-state index in [9.17, 15) is 9.59 Å². The van der Waals surface area contributed by atoms with E-state index in [0.717, 1.165) is 5.56 Å². The highest BCUT2D eigenvalue weighted by Crippen LogP contribution is 2.06. The van der Waals surface area contributed by atoms with E-state index in [1.54, 1.807) is 24.3 Å². The molecule has 0 radical (unpaired) electrons. The fourth-order valence-corrected chi connectivity index (χ4v) is 2.37. The van der Waals surface area contributed by atoms with Crippen molar-refractivity contribution in [2.45, 2.75) is 25.4 Å². The Morgan fingerprint density at radius 2 is 1.56 bits per heavy atom. The SMILES string of the molecule is CNC(C)CNC(=O)C(Cc1ccccc1)NC(=O)c1ccccc1. The summed E-state index contributed by atoms with van der Waals surface area (Å²) < 4.78 is 0. The number of likely N-dealkylation sites (N-methyl/N-ethyl adjacent to an activating group) is 1. The van der Waals surface area contributed by atoms with E-state index in [1.807, 2.05) is 50.4 Å². The average Bonchev–Trinajstić information content (AvgIpc) is 2.66. The van der Waals surface area contributed by atoms with Crippen LogP contribution < -0.4 is 16.0 Å². The summed E-state index contributed by atoms with van der Waals surface area (Å²) >= 11 is 0. The minimum Gasteiger partial charge on any atom is -0.353 e. The van der Waals surface area contributed by atoms with E-state index in [2.05, 4.69) is 16.0 Å². The number of amides is 2. The molecule has 2 atom stereocenters. The third-order valence-corrected chi connectivity index (χ3v) is 4.02. The summed E-state index contributed by atoms with van der Waals surface area (Å²) in [6.45, 7) is 2.48. The summed E-state index contributed by atoms with van der Waals surface area (Å²) in [5.41, 5.74) is 1.54. The lowest BCUT2D eigenvalue weighted by molar-refractivity contribution is -0.123. The van der Waals surface area contributed by atoms with Gasteiger partial charge in [0, 0.05) is 24.6 Å². The Balaban J connectivity index is 2.08. The van der Waals surface area contributed by atoms with Crippen molar-refractivity contribution in [1.29, 1.82) is 0 Å². The molecule has 132 valence electrons. The lowest BCUT2D eigenvalue weighted by atomic mass is 10.0. The van der Waals surface area contributed by atoms with Crippen LogP contribution in [0, 0.1) is 0 Å². The number of carbonyl (C=O) groups is 2. The van der Waals surface area contributed by atoms with Gasteiger partial charge in [-0.25, -0.2) is 0 Å². The highest BCUT2D eigenvalue weighted by Gasteiger charge is 2.22. The van der Waals surface area contributed by atoms with Crippen LogP contribution >= 0.6 is 0 Å². The van der Waals surface area contributed by atoms with Crippen LogP contribution in [0.15, 0.2) is 60.7 Å². The minimum absolute atomic E-state index is 0.158. The molecule has 2 aromatic carbocycles. The van der Waals surface area contributed by atoms with Crippen molar-refractivity contribution in [3.8, 4) is 0 Å². The average molecular weight is 339 g/mol. The molecular formula is C20H25N3O2. The van der Waals surface area contributed by atoms with Crippen molar-refractivity contribution in [2.75, 3.05) is 13.6 Å². The van der Waals surface area contributed by atoms with Crippen molar-refractivity contribution < 1.29 is 9.59 Å². The molecule has 0 aliphatic rings. The lowest BCUT2D eigenvalue weighted by Gasteiger charge is -2.20. The highest BCUT2D eigenvalue weighted by atomic mass is 16.2. The topological polar surface area (TPSA) is 70.2 Å². The van der Waals surface area contributed by atoms with Crippen LogP contribution in [0.3, 0.4) is 0 Å². The van der Waals surface area contributed by atoms with Gasteiger partial charge in [0.15, 0.2) is 0 Å². The molecule has 2 unspecified atom stereocenters. The molecule has 0 aromatic heterocycles. The van der Waals surface area contributed by atoms with Gasteiger partial charge < -0.3 is 16.0 Å². The van der Waals surface area contributed by atoms with Crippen molar-refractivity contribution in [2.24, 2.45) is 0 Å². The van der Waals surface area contributed by atoms with E-state index < -0.39 is 6.04 Å². The molecule has 25 heavy (non-hydrogen) atoms. The predicted molar refractivity (Wildman–Crippen MR) is 99.4 cm³/mol. The second-order valence-electron chi connectivity index (χ2n) is 6.02. The Bertz CT molecular complexity index is 674. The van der Waals surface area contributed by atoms with Crippen LogP contribution in [-0.4, -0.2) is 37.5 Å². The monoisotopic (exact) mass is 339 g/mol. The quantitative estimate of drug-likeness (QED) is 0.686. The van der Waals surface area contributed by atoms with Gasteiger partial charge in [0.1, 0.15) is 6.04 Å². The zero-order valence-corrected chi connectivity index (χ0v) is 14.7.